The Morgan fingerprint density at radius 2 is 1.47 bits per heavy atom. The Bertz CT molecular complexity index is 300. The SMILES string of the molecule is CCc1nc2c(s1)CCCCCCCCCC2. The Morgan fingerprint density at radius 3 is 2.12 bits per heavy atom. The second-order valence-electron chi connectivity index (χ2n) is 5.16. The molecule has 0 aliphatic heterocycles. The van der Waals surface area contributed by atoms with Crippen LogP contribution in [0.1, 0.15) is 73.9 Å². The van der Waals surface area contributed by atoms with E-state index in [4.69, 9.17) is 4.98 Å². The summed E-state index contributed by atoms with van der Waals surface area (Å²) >= 11 is 1.97. The lowest BCUT2D eigenvalue weighted by Gasteiger charge is -2.06. The zero-order chi connectivity index (χ0) is 11.9. The van der Waals surface area contributed by atoms with Gasteiger partial charge in [-0.05, 0) is 32.1 Å². The molecule has 0 amide bonds. The number of nitrogens with zero attached hydrogens (tertiary/aromatic N) is 1. The third kappa shape index (κ3) is 4.09. The van der Waals surface area contributed by atoms with Gasteiger partial charge in [0.05, 0.1) is 10.7 Å². The number of fused-ring (bicyclic) bond motifs is 1. The Hall–Kier alpha value is -0.370. The van der Waals surface area contributed by atoms with E-state index < -0.39 is 0 Å². The molecule has 1 aromatic heterocycles. The molecule has 0 radical (unpaired) electrons. The Balaban J connectivity index is 2.01. The molecular formula is C15H25NS. The van der Waals surface area contributed by atoms with E-state index in [9.17, 15) is 0 Å². The third-order valence-electron chi connectivity index (χ3n) is 3.69. The molecule has 0 saturated heterocycles. The molecule has 2 rings (SSSR count). The highest BCUT2D eigenvalue weighted by Gasteiger charge is 2.10. The minimum atomic E-state index is 1.11. The highest BCUT2D eigenvalue weighted by Crippen LogP contribution is 2.24. The average Bonchev–Trinajstić information content (AvgIpc) is 2.72. The molecule has 17 heavy (non-hydrogen) atoms. The molecule has 0 bridgehead atoms. The number of rotatable bonds is 1. The molecule has 1 nitrogen and oxygen atoms in total. The van der Waals surface area contributed by atoms with Crippen LogP contribution in [0.4, 0.5) is 0 Å². The molecule has 0 unspecified atom stereocenters. The van der Waals surface area contributed by atoms with Gasteiger partial charge in [-0.1, -0.05) is 45.4 Å². The quantitative estimate of drug-likeness (QED) is 0.690. The smallest absolute Gasteiger partial charge is 0.0928 e. The number of aryl methyl sites for hydroxylation is 3. The van der Waals surface area contributed by atoms with E-state index in [0.717, 1.165) is 6.42 Å². The summed E-state index contributed by atoms with van der Waals surface area (Å²) in [4.78, 5) is 6.42. The van der Waals surface area contributed by atoms with Crippen LogP contribution in [-0.2, 0) is 19.3 Å². The van der Waals surface area contributed by atoms with Crippen molar-refractivity contribution in [3.63, 3.8) is 0 Å². The maximum Gasteiger partial charge on any atom is 0.0928 e. The van der Waals surface area contributed by atoms with Gasteiger partial charge in [0.25, 0.3) is 0 Å². The van der Waals surface area contributed by atoms with Gasteiger partial charge in [-0.2, -0.15) is 0 Å². The van der Waals surface area contributed by atoms with Crippen LogP contribution in [0.25, 0.3) is 0 Å². The molecule has 1 aliphatic rings. The van der Waals surface area contributed by atoms with Crippen LogP contribution in [0.2, 0.25) is 0 Å². The van der Waals surface area contributed by atoms with Crippen LogP contribution in [0.15, 0.2) is 0 Å². The van der Waals surface area contributed by atoms with E-state index in [-0.39, 0.29) is 0 Å². The van der Waals surface area contributed by atoms with Crippen molar-refractivity contribution >= 4 is 11.3 Å². The Labute approximate surface area is 110 Å². The first-order chi connectivity index (χ1) is 8.40. The third-order valence-corrected chi connectivity index (χ3v) is 4.99. The summed E-state index contributed by atoms with van der Waals surface area (Å²) in [7, 11) is 0. The van der Waals surface area contributed by atoms with Gasteiger partial charge in [0.15, 0.2) is 0 Å². The van der Waals surface area contributed by atoms with E-state index in [1.807, 2.05) is 11.3 Å². The van der Waals surface area contributed by atoms with Crippen molar-refractivity contribution in [3.05, 3.63) is 15.6 Å². The van der Waals surface area contributed by atoms with Crippen molar-refractivity contribution in [3.8, 4) is 0 Å². The van der Waals surface area contributed by atoms with Crippen LogP contribution < -0.4 is 0 Å². The first-order valence-corrected chi connectivity index (χ1v) is 8.19. The lowest BCUT2D eigenvalue weighted by atomic mass is 10.0. The number of hydrogen-bond donors (Lipinski definition) is 0. The molecule has 96 valence electrons. The first-order valence-electron chi connectivity index (χ1n) is 7.37. The fourth-order valence-electron chi connectivity index (χ4n) is 2.62. The molecule has 0 saturated carbocycles. The molecule has 0 fully saturated rings. The second kappa shape index (κ2) is 7.15. The molecule has 0 aromatic carbocycles. The molecule has 0 atom stereocenters. The zero-order valence-corrected chi connectivity index (χ0v) is 12.0. The second-order valence-corrected chi connectivity index (χ2v) is 6.33. The lowest BCUT2D eigenvalue weighted by molar-refractivity contribution is 0.559. The number of aromatic nitrogens is 1. The van der Waals surface area contributed by atoms with E-state index >= 15 is 0 Å². The molecule has 1 heterocycles. The topological polar surface area (TPSA) is 12.9 Å². The van der Waals surface area contributed by atoms with Gasteiger partial charge < -0.3 is 0 Å². The molecule has 1 aliphatic carbocycles. The number of hydrogen-bond acceptors (Lipinski definition) is 2. The van der Waals surface area contributed by atoms with Crippen LogP contribution in [0.5, 0.6) is 0 Å². The van der Waals surface area contributed by atoms with Gasteiger partial charge in [0.2, 0.25) is 0 Å². The Kier molecular flexibility index (Phi) is 5.50. The summed E-state index contributed by atoms with van der Waals surface area (Å²) in [5, 5.41) is 1.35. The van der Waals surface area contributed by atoms with Gasteiger partial charge >= 0.3 is 0 Å². The van der Waals surface area contributed by atoms with Crippen molar-refractivity contribution in [2.45, 2.75) is 77.6 Å². The molecule has 0 N–H and O–H groups in total. The van der Waals surface area contributed by atoms with E-state index in [0.29, 0.717) is 0 Å². The van der Waals surface area contributed by atoms with Crippen molar-refractivity contribution in [1.82, 2.24) is 4.98 Å². The zero-order valence-electron chi connectivity index (χ0n) is 11.1. The highest BCUT2D eigenvalue weighted by molar-refractivity contribution is 7.11. The van der Waals surface area contributed by atoms with E-state index in [2.05, 4.69) is 6.92 Å². The fourth-order valence-corrected chi connectivity index (χ4v) is 3.71. The summed E-state index contributed by atoms with van der Waals surface area (Å²) in [5.74, 6) is 0. The maximum absolute atomic E-state index is 4.82. The van der Waals surface area contributed by atoms with Gasteiger partial charge in [0.1, 0.15) is 0 Å². The van der Waals surface area contributed by atoms with Gasteiger partial charge in [-0.3, -0.25) is 0 Å². The molecule has 1 aromatic rings. The van der Waals surface area contributed by atoms with Crippen molar-refractivity contribution < 1.29 is 0 Å². The van der Waals surface area contributed by atoms with E-state index in [1.54, 1.807) is 4.88 Å². The predicted molar refractivity (Wildman–Crippen MR) is 75.8 cm³/mol. The molecule has 2 heteroatoms. The van der Waals surface area contributed by atoms with Crippen molar-refractivity contribution in [2.75, 3.05) is 0 Å². The summed E-state index contributed by atoms with van der Waals surface area (Å²) in [5.41, 5.74) is 1.44. The normalized spacial score (nSPS) is 19.1. The largest absolute Gasteiger partial charge is 0.246 e. The van der Waals surface area contributed by atoms with Crippen molar-refractivity contribution in [2.24, 2.45) is 0 Å². The van der Waals surface area contributed by atoms with Crippen LogP contribution in [0, 0.1) is 0 Å². The highest BCUT2D eigenvalue weighted by atomic mass is 32.1. The number of thiazole rings is 1. The molecule has 0 spiro atoms. The maximum atomic E-state index is 4.82. The lowest BCUT2D eigenvalue weighted by Crippen LogP contribution is -1.94. The van der Waals surface area contributed by atoms with Gasteiger partial charge in [0, 0.05) is 4.88 Å². The minimum Gasteiger partial charge on any atom is -0.246 e. The van der Waals surface area contributed by atoms with Crippen LogP contribution in [0.3, 0.4) is 0 Å². The fraction of sp³-hybridized carbons (Fsp3) is 0.800. The summed E-state index contributed by atoms with van der Waals surface area (Å²) < 4.78 is 0. The van der Waals surface area contributed by atoms with Crippen molar-refractivity contribution in [1.29, 1.82) is 0 Å². The average molecular weight is 251 g/mol. The predicted octanol–water partition coefficient (Wildman–Crippen LogP) is 4.92. The Morgan fingerprint density at radius 1 is 0.882 bits per heavy atom. The summed E-state index contributed by atoms with van der Waals surface area (Å²) in [6.07, 6.45) is 14.9. The monoisotopic (exact) mass is 251 g/mol. The van der Waals surface area contributed by atoms with Crippen LogP contribution in [-0.4, -0.2) is 4.98 Å². The van der Waals surface area contributed by atoms with E-state index in [1.165, 1.54) is 74.9 Å². The van der Waals surface area contributed by atoms with Gasteiger partial charge in [-0.15, -0.1) is 11.3 Å². The minimum absolute atomic E-state index is 1.11. The molecular weight excluding hydrogens is 226 g/mol. The summed E-state index contributed by atoms with van der Waals surface area (Å²) in [6.45, 7) is 2.22. The standard InChI is InChI=1S/C15H25NS/c1-2-15-16-13-11-9-7-5-3-4-6-8-10-12-14(13)17-15/h2-12H2,1H3. The van der Waals surface area contributed by atoms with Crippen LogP contribution >= 0.6 is 11.3 Å². The first kappa shape index (κ1) is 13.1. The van der Waals surface area contributed by atoms with Gasteiger partial charge in [-0.25, -0.2) is 4.98 Å². The summed E-state index contributed by atoms with van der Waals surface area (Å²) in [6, 6.07) is 0.